The van der Waals surface area contributed by atoms with Gasteiger partial charge in [0.2, 0.25) is 0 Å². The van der Waals surface area contributed by atoms with Gasteiger partial charge in [-0.25, -0.2) is 4.79 Å². The smallest absolute Gasteiger partial charge is 0.349 e. The molecule has 1 unspecified atom stereocenters. The summed E-state index contributed by atoms with van der Waals surface area (Å²) in [7, 11) is 1.53. The van der Waals surface area contributed by atoms with Crippen molar-refractivity contribution < 1.29 is 18.4 Å². The van der Waals surface area contributed by atoms with Gasteiger partial charge in [0.05, 0.1) is 6.61 Å². The van der Waals surface area contributed by atoms with Crippen LogP contribution in [-0.4, -0.2) is 19.6 Å². The Morgan fingerprint density at radius 3 is 2.72 bits per heavy atom. The van der Waals surface area contributed by atoms with E-state index in [0.29, 0.717) is 16.7 Å². The molecule has 3 rings (SSSR count). The number of hydrogen-bond acceptors (Lipinski definition) is 5. The van der Waals surface area contributed by atoms with E-state index in [1.165, 1.54) is 13.2 Å². The molecule has 0 bridgehead atoms. The van der Waals surface area contributed by atoms with Gasteiger partial charge in [-0.3, -0.25) is 4.79 Å². The third-order valence-corrected chi connectivity index (χ3v) is 3.90. The lowest BCUT2D eigenvalue weighted by Gasteiger charge is -2.15. The van der Waals surface area contributed by atoms with Crippen LogP contribution in [0.5, 0.6) is 0 Å². The summed E-state index contributed by atoms with van der Waals surface area (Å²) in [6.45, 7) is 2.20. The number of carbonyl (C=O) groups excluding carboxylic acids is 1. The zero-order chi connectivity index (χ0) is 17.8. The maximum atomic E-state index is 12.6. The highest BCUT2D eigenvalue weighted by Crippen LogP contribution is 2.19. The Morgan fingerprint density at radius 2 is 2.00 bits per heavy atom. The predicted molar refractivity (Wildman–Crippen MR) is 92.7 cm³/mol. The summed E-state index contributed by atoms with van der Waals surface area (Å²) >= 11 is 0. The summed E-state index contributed by atoms with van der Waals surface area (Å²) in [5, 5.41) is 3.46. The van der Waals surface area contributed by atoms with Gasteiger partial charge in [-0.2, -0.15) is 0 Å². The first-order valence-electron chi connectivity index (χ1n) is 8.03. The normalized spacial score (nSPS) is 12.2. The van der Waals surface area contributed by atoms with Crippen molar-refractivity contribution >= 4 is 16.9 Å². The topological polar surface area (TPSA) is 81.7 Å². The highest BCUT2D eigenvalue weighted by molar-refractivity contribution is 5.96. The second-order valence-corrected chi connectivity index (χ2v) is 5.62. The van der Waals surface area contributed by atoms with E-state index in [9.17, 15) is 9.59 Å². The molecule has 0 saturated carbocycles. The third-order valence-electron chi connectivity index (χ3n) is 3.90. The molecule has 25 heavy (non-hydrogen) atoms. The van der Waals surface area contributed by atoms with Crippen LogP contribution in [0.4, 0.5) is 0 Å². The number of ether oxygens (including phenoxy) is 1. The number of para-hydroxylation sites is 1. The molecule has 0 spiro atoms. The molecule has 2 heterocycles. The van der Waals surface area contributed by atoms with Crippen LogP contribution >= 0.6 is 0 Å². The predicted octanol–water partition coefficient (Wildman–Crippen LogP) is 3.07. The standard InChI is InChI=1S/C19H19NO5/c1-3-13-8-9-17(24-13)15(11-23-2)20-18(21)14-10-12-6-4-5-7-16(12)25-19(14)22/h4-10,15H,3,11H2,1-2H3,(H,20,21). The summed E-state index contributed by atoms with van der Waals surface area (Å²) < 4.78 is 16.1. The van der Waals surface area contributed by atoms with Crippen molar-refractivity contribution in [2.75, 3.05) is 13.7 Å². The van der Waals surface area contributed by atoms with Gasteiger partial charge in [0, 0.05) is 18.9 Å². The molecule has 1 N–H and O–H groups in total. The Morgan fingerprint density at radius 1 is 1.20 bits per heavy atom. The average Bonchev–Trinajstić information content (AvgIpc) is 3.09. The summed E-state index contributed by atoms with van der Waals surface area (Å²) in [4.78, 5) is 24.7. The van der Waals surface area contributed by atoms with Gasteiger partial charge in [0.25, 0.3) is 5.91 Å². The zero-order valence-electron chi connectivity index (χ0n) is 14.1. The fourth-order valence-corrected chi connectivity index (χ4v) is 2.59. The van der Waals surface area contributed by atoms with Crippen LogP contribution in [0.1, 0.15) is 34.8 Å². The van der Waals surface area contributed by atoms with Crippen LogP contribution in [-0.2, 0) is 11.2 Å². The average molecular weight is 341 g/mol. The lowest BCUT2D eigenvalue weighted by atomic mass is 10.1. The molecule has 6 nitrogen and oxygen atoms in total. The number of benzene rings is 1. The van der Waals surface area contributed by atoms with Gasteiger partial charge in [0.15, 0.2) is 0 Å². The number of amides is 1. The molecule has 0 aliphatic heterocycles. The van der Waals surface area contributed by atoms with Crippen molar-refractivity contribution in [2.45, 2.75) is 19.4 Å². The molecular formula is C19H19NO5. The highest BCUT2D eigenvalue weighted by Gasteiger charge is 2.21. The molecule has 0 aliphatic rings. The summed E-state index contributed by atoms with van der Waals surface area (Å²) in [6, 6.07) is 11.7. The van der Waals surface area contributed by atoms with Crippen molar-refractivity contribution in [3.8, 4) is 0 Å². The maximum absolute atomic E-state index is 12.6. The van der Waals surface area contributed by atoms with E-state index >= 15 is 0 Å². The van der Waals surface area contributed by atoms with E-state index in [0.717, 1.165) is 12.2 Å². The minimum absolute atomic E-state index is 0.0536. The van der Waals surface area contributed by atoms with Crippen molar-refractivity contribution in [1.82, 2.24) is 5.32 Å². The van der Waals surface area contributed by atoms with Gasteiger partial charge in [-0.15, -0.1) is 0 Å². The van der Waals surface area contributed by atoms with Gasteiger partial charge < -0.3 is 18.9 Å². The van der Waals surface area contributed by atoms with Crippen LogP contribution in [0.25, 0.3) is 11.0 Å². The molecule has 130 valence electrons. The first-order chi connectivity index (χ1) is 12.1. The molecule has 0 aliphatic carbocycles. The largest absolute Gasteiger partial charge is 0.464 e. The summed E-state index contributed by atoms with van der Waals surface area (Å²) in [5.74, 6) is 0.865. The van der Waals surface area contributed by atoms with E-state index in [2.05, 4.69) is 5.32 Å². The fraction of sp³-hybridized carbons (Fsp3) is 0.263. The number of rotatable bonds is 6. The van der Waals surface area contributed by atoms with Crippen molar-refractivity contribution in [2.24, 2.45) is 0 Å². The monoisotopic (exact) mass is 341 g/mol. The maximum Gasteiger partial charge on any atom is 0.349 e. The molecule has 0 radical (unpaired) electrons. The second-order valence-electron chi connectivity index (χ2n) is 5.62. The minimum Gasteiger partial charge on any atom is -0.464 e. The van der Waals surface area contributed by atoms with Gasteiger partial charge in [-0.1, -0.05) is 25.1 Å². The Bertz CT molecular complexity index is 940. The third kappa shape index (κ3) is 3.64. The van der Waals surface area contributed by atoms with E-state index < -0.39 is 17.6 Å². The van der Waals surface area contributed by atoms with Gasteiger partial charge in [0.1, 0.15) is 28.7 Å². The summed E-state index contributed by atoms with van der Waals surface area (Å²) in [5.41, 5.74) is -0.292. The molecule has 1 atom stereocenters. The molecule has 3 aromatic rings. The van der Waals surface area contributed by atoms with Crippen LogP contribution in [0.15, 0.2) is 56.1 Å². The quantitative estimate of drug-likeness (QED) is 0.697. The molecule has 1 aromatic carbocycles. The first-order valence-corrected chi connectivity index (χ1v) is 8.03. The molecule has 6 heteroatoms. The molecule has 0 saturated heterocycles. The highest BCUT2D eigenvalue weighted by atomic mass is 16.5. The number of methoxy groups -OCH3 is 1. The van der Waals surface area contributed by atoms with Gasteiger partial charge in [-0.05, 0) is 24.3 Å². The van der Waals surface area contributed by atoms with Crippen LogP contribution in [0.2, 0.25) is 0 Å². The van der Waals surface area contributed by atoms with E-state index in [4.69, 9.17) is 13.6 Å². The molecule has 1 amide bonds. The lowest BCUT2D eigenvalue weighted by molar-refractivity contribution is 0.0878. The zero-order valence-corrected chi connectivity index (χ0v) is 14.1. The number of carbonyl (C=O) groups is 1. The molecule has 0 fully saturated rings. The van der Waals surface area contributed by atoms with E-state index in [1.807, 2.05) is 19.1 Å². The van der Waals surface area contributed by atoms with Crippen molar-refractivity contribution in [3.63, 3.8) is 0 Å². The van der Waals surface area contributed by atoms with Crippen LogP contribution < -0.4 is 10.9 Å². The number of nitrogens with one attached hydrogen (secondary N) is 1. The lowest BCUT2D eigenvalue weighted by Crippen LogP contribution is -2.33. The second kappa shape index (κ2) is 7.36. The summed E-state index contributed by atoms with van der Waals surface area (Å²) in [6.07, 6.45) is 0.752. The SMILES string of the molecule is CCc1ccc(C(COC)NC(=O)c2cc3ccccc3oc2=O)o1. The van der Waals surface area contributed by atoms with Crippen LogP contribution in [0.3, 0.4) is 0 Å². The number of furan rings is 1. The van der Waals surface area contributed by atoms with Crippen molar-refractivity contribution in [3.05, 3.63) is 70.0 Å². The molecule has 2 aromatic heterocycles. The number of hydrogen-bond donors (Lipinski definition) is 1. The Hall–Kier alpha value is -2.86. The fourth-order valence-electron chi connectivity index (χ4n) is 2.59. The van der Waals surface area contributed by atoms with Crippen molar-refractivity contribution in [1.29, 1.82) is 0 Å². The van der Waals surface area contributed by atoms with E-state index in [-0.39, 0.29) is 12.2 Å². The van der Waals surface area contributed by atoms with Crippen LogP contribution in [0, 0.1) is 0 Å². The number of aryl methyl sites for hydroxylation is 1. The Labute approximate surface area is 144 Å². The minimum atomic E-state index is -0.680. The Balaban J connectivity index is 1.88. The molecular weight excluding hydrogens is 322 g/mol. The number of fused-ring (bicyclic) bond motifs is 1. The van der Waals surface area contributed by atoms with Gasteiger partial charge >= 0.3 is 5.63 Å². The van der Waals surface area contributed by atoms with E-state index in [1.54, 1.807) is 24.3 Å². The Kier molecular flexibility index (Phi) is 5.00. The first kappa shape index (κ1) is 17.0.